The number of para-hydroxylation sites is 1. The Labute approximate surface area is 156 Å². The number of rotatable bonds is 4. The topological polar surface area (TPSA) is 54.5 Å². The minimum Gasteiger partial charge on any atom is -0.486 e. The highest BCUT2D eigenvalue weighted by Gasteiger charge is 2.30. The van der Waals surface area contributed by atoms with Crippen molar-refractivity contribution in [1.82, 2.24) is 10.3 Å². The van der Waals surface area contributed by atoms with E-state index < -0.39 is 0 Å². The molecule has 2 heterocycles. The Morgan fingerprint density at radius 1 is 1.19 bits per heavy atom. The van der Waals surface area contributed by atoms with Crippen molar-refractivity contribution in [3.8, 4) is 5.75 Å². The molecule has 1 N–H and O–H groups in total. The molecule has 4 rings (SSSR count). The molecule has 0 unspecified atom stereocenters. The Morgan fingerprint density at radius 3 is 2.77 bits per heavy atom. The van der Waals surface area contributed by atoms with Crippen molar-refractivity contribution in [3.05, 3.63) is 75.7 Å². The van der Waals surface area contributed by atoms with E-state index >= 15 is 0 Å². The number of hydrogen-bond acceptors (Lipinski definition) is 5. The van der Waals surface area contributed by atoms with Gasteiger partial charge in [-0.2, -0.15) is 0 Å². The van der Waals surface area contributed by atoms with Crippen LogP contribution in [0.3, 0.4) is 0 Å². The zero-order valence-corrected chi connectivity index (χ0v) is 15.4. The number of anilines is 1. The van der Waals surface area contributed by atoms with Gasteiger partial charge in [0.1, 0.15) is 23.5 Å². The van der Waals surface area contributed by atoms with Crippen molar-refractivity contribution in [2.24, 2.45) is 0 Å². The molecule has 1 aliphatic rings. The number of aromatic nitrogens is 1. The summed E-state index contributed by atoms with van der Waals surface area (Å²) in [5.41, 5.74) is 3.62. The smallest absolute Gasteiger partial charge is 0.255 e. The second-order valence-corrected chi connectivity index (χ2v) is 7.21. The zero-order valence-electron chi connectivity index (χ0n) is 14.6. The maximum Gasteiger partial charge on any atom is 0.255 e. The molecular formula is C20H19N3O2S. The van der Waals surface area contributed by atoms with Crippen LogP contribution in [-0.2, 0) is 6.61 Å². The molecule has 5 nitrogen and oxygen atoms in total. The van der Waals surface area contributed by atoms with E-state index in [2.05, 4.69) is 10.3 Å². The lowest BCUT2D eigenvalue weighted by Crippen LogP contribution is -2.44. The molecule has 0 bridgehead atoms. The van der Waals surface area contributed by atoms with Gasteiger partial charge in [0.15, 0.2) is 0 Å². The summed E-state index contributed by atoms with van der Waals surface area (Å²) in [5.74, 6) is 0.749. The number of thiazole rings is 1. The first-order valence-electron chi connectivity index (χ1n) is 8.38. The largest absolute Gasteiger partial charge is 0.486 e. The van der Waals surface area contributed by atoms with Crippen LogP contribution < -0.4 is 15.0 Å². The van der Waals surface area contributed by atoms with E-state index in [0.717, 1.165) is 22.1 Å². The molecule has 132 valence electrons. The van der Waals surface area contributed by atoms with Gasteiger partial charge in [0.2, 0.25) is 0 Å². The molecule has 26 heavy (non-hydrogen) atoms. The fourth-order valence-corrected chi connectivity index (χ4v) is 3.70. The van der Waals surface area contributed by atoms with Gasteiger partial charge in [-0.25, -0.2) is 4.98 Å². The van der Waals surface area contributed by atoms with Crippen molar-refractivity contribution in [1.29, 1.82) is 0 Å². The van der Waals surface area contributed by atoms with Gasteiger partial charge < -0.3 is 15.0 Å². The third-order valence-electron chi connectivity index (χ3n) is 4.42. The average molecular weight is 365 g/mol. The molecule has 0 saturated carbocycles. The highest BCUT2D eigenvalue weighted by molar-refractivity contribution is 7.09. The first-order chi connectivity index (χ1) is 12.6. The molecule has 0 fully saturated rings. The van der Waals surface area contributed by atoms with E-state index in [-0.39, 0.29) is 12.1 Å². The van der Waals surface area contributed by atoms with Gasteiger partial charge in [0.05, 0.1) is 16.9 Å². The van der Waals surface area contributed by atoms with Crippen LogP contribution in [0.4, 0.5) is 5.69 Å². The van der Waals surface area contributed by atoms with Crippen LogP contribution in [0.5, 0.6) is 5.75 Å². The summed E-state index contributed by atoms with van der Waals surface area (Å²) in [6.07, 6.45) is -0.276. The summed E-state index contributed by atoms with van der Waals surface area (Å²) in [4.78, 5) is 19.1. The first kappa shape index (κ1) is 16.6. The molecular weight excluding hydrogens is 346 g/mol. The van der Waals surface area contributed by atoms with Gasteiger partial charge in [-0.3, -0.25) is 4.79 Å². The van der Waals surface area contributed by atoms with Gasteiger partial charge in [-0.15, -0.1) is 11.3 Å². The van der Waals surface area contributed by atoms with E-state index in [1.165, 1.54) is 16.9 Å². The fraction of sp³-hybridized carbons (Fsp3) is 0.200. The highest BCUT2D eigenvalue weighted by Crippen LogP contribution is 2.32. The number of ether oxygens (including phenoxy) is 1. The Hall–Kier alpha value is -2.86. The maximum absolute atomic E-state index is 12.4. The second-order valence-electron chi connectivity index (χ2n) is 6.27. The number of nitrogens with one attached hydrogen (secondary N) is 1. The zero-order chi connectivity index (χ0) is 18.1. The van der Waals surface area contributed by atoms with Crippen LogP contribution >= 0.6 is 11.3 Å². The Bertz CT molecular complexity index is 936. The Morgan fingerprint density at radius 2 is 1.96 bits per heavy atom. The predicted octanol–water partition coefficient (Wildman–Crippen LogP) is 3.91. The third-order valence-corrected chi connectivity index (χ3v) is 5.26. The minimum absolute atomic E-state index is 0.0749. The molecule has 1 aliphatic heterocycles. The lowest BCUT2D eigenvalue weighted by atomic mass is 10.1. The normalized spacial score (nSPS) is 16.2. The molecule has 0 spiro atoms. The van der Waals surface area contributed by atoms with E-state index in [0.29, 0.717) is 12.2 Å². The van der Waals surface area contributed by atoms with Gasteiger partial charge >= 0.3 is 0 Å². The quantitative estimate of drug-likeness (QED) is 0.762. The number of nitrogens with zero attached hydrogens (tertiary/aromatic N) is 2. The van der Waals surface area contributed by atoms with E-state index in [1.807, 2.05) is 72.8 Å². The minimum atomic E-state index is -0.276. The molecule has 1 atom stereocenters. The SMILES string of the molecule is Cc1ccc(OCc2nc([C@@H]3NC(=O)c4ccccc4N3C)cs2)cc1. The monoisotopic (exact) mass is 365 g/mol. The van der Waals surface area contributed by atoms with Crippen LogP contribution in [0.1, 0.15) is 32.8 Å². The third kappa shape index (κ3) is 3.15. The number of hydrogen-bond donors (Lipinski definition) is 1. The van der Waals surface area contributed by atoms with Crippen LogP contribution in [0, 0.1) is 6.92 Å². The van der Waals surface area contributed by atoms with Crippen LogP contribution in [-0.4, -0.2) is 17.9 Å². The number of carbonyl (C=O) groups excluding carboxylic acids is 1. The summed E-state index contributed by atoms with van der Waals surface area (Å²) >= 11 is 1.54. The van der Waals surface area contributed by atoms with Crippen molar-refractivity contribution < 1.29 is 9.53 Å². The van der Waals surface area contributed by atoms with Crippen molar-refractivity contribution in [3.63, 3.8) is 0 Å². The van der Waals surface area contributed by atoms with Crippen molar-refractivity contribution in [2.75, 3.05) is 11.9 Å². The van der Waals surface area contributed by atoms with Crippen molar-refractivity contribution >= 4 is 22.9 Å². The number of benzene rings is 2. The lowest BCUT2D eigenvalue weighted by Gasteiger charge is -2.35. The van der Waals surface area contributed by atoms with Gasteiger partial charge in [0, 0.05) is 12.4 Å². The number of amides is 1. The Balaban J connectivity index is 1.49. The fourth-order valence-electron chi connectivity index (χ4n) is 2.98. The molecule has 3 aromatic rings. The summed E-state index contributed by atoms with van der Waals surface area (Å²) < 4.78 is 5.80. The van der Waals surface area contributed by atoms with Crippen molar-refractivity contribution in [2.45, 2.75) is 19.7 Å². The van der Waals surface area contributed by atoms with Crippen LogP contribution in [0.2, 0.25) is 0 Å². The molecule has 0 saturated heterocycles. The first-order valence-corrected chi connectivity index (χ1v) is 9.26. The van der Waals surface area contributed by atoms with Crippen LogP contribution in [0.15, 0.2) is 53.9 Å². The second kappa shape index (κ2) is 6.80. The lowest BCUT2D eigenvalue weighted by molar-refractivity contribution is 0.0927. The average Bonchev–Trinajstić information content (AvgIpc) is 3.13. The van der Waals surface area contributed by atoms with E-state index in [4.69, 9.17) is 4.74 Å². The number of aryl methyl sites for hydroxylation is 1. The van der Waals surface area contributed by atoms with E-state index in [9.17, 15) is 4.79 Å². The van der Waals surface area contributed by atoms with Gasteiger partial charge in [-0.05, 0) is 31.2 Å². The summed E-state index contributed by atoms with van der Waals surface area (Å²) in [6, 6.07) is 15.5. The standard InChI is InChI=1S/C20H19N3O2S/c1-13-7-9-14(10-8-13)25-11-18-21-16(12-26-18)19-22-20(24)15-5-3-4-6-17(15)23(19)2/h3-10,12,19H,11H2,1-2H3,(H,22,24)/t19-/m1/s1. The number of fused-ring (bicyclic) bond motifs is 1. The molecule has 2 aromatic carbocycles. The predicted molar refractivity (Wildman–Crippen MR) is 103 cm³/mol. The van der Waals surface area contributed by atoms with Gasteiger partial charge in [0.25, 0.3) is 5.91 Å². The van der Waals surface area contributed by atoms with E-state index in [1.54, 1.807) is 0 Å². The summed E-state index contributed by atoms with van der Waals surface area (Å²) in [6.45, 7) is 2.46. The Kier molecular flexibility index (Phi) is 4.34. The summed E-state index contributed by atoms with van der Waals surface area (Å²) in [5, 5.41) is 5.87. The van der Waals surface area contributed by atoms with Crippen LogP contribution in [0.25, 0.3) is 0 Å². The molecule has 6 heteroatoms. The molecule has 1 amide bonds. The number of carbonyl (C=O) groups is 1. The molecule has 0 aliphatic carbocycles. The molecule has 1 aromatic heterocycles. The highest BCUT2D eigenvalue weighted by atomic mass is 32.1. The summed E-state index contributed by atoms with van der Waals surface area (Å²) in [7, 11) is 1.96. The van der Waals surface area contributed by atoms with Gasteiger partial charge in [-0.1, -0.05) is 29.8 Å². The maximum atomic E-state index is 12.4. The molecule has 0 radical (unpaired) electrons.